The van der Waals surface area contributed by atoms with E-state index in [9.17, 15) is 9.90 Å². The Morgan fingerprint density at radius 1 is 1.33 bits per heavy atom. The molecule has 0 saturated heterocycles. The van der Waals surface area contributed by atoms with Crippen LogP contribution in [-0.4, -0.2) is 29.7 Å². The van der Waals surface area contributed by atoms with E-state index in [-0.39, 0.29) is 11.8 Å². The van der Waals surface area contributed by atoms with E-state index in [4.69, 9.17) is 5.73 Å². The van der Waals surface area contributed by atoms with E-state index in [1.165, 1.54) is 0 Å². The van der Waals surface area contributed by atoms with Crippen LogP contribution in [0.15, 0.2) is 0 Å². The second kappa shape index (κ2) is 6.02. The first-order valence-electron chi connectivity index (χ1n) is 7.02. The summed E-state index contributed by atoms with van der Waals surface area (Å²) in [6, 6.07) is 0. The molecule has 0 aromatic heterocycles. The van der Waals surface area contributed by atoms with Crippen molar-refractivity contribution >= 4 is 5.91 Å². The van der Waals surface area contributed by atoms with Crippen molar-refractivity contribution in [1.29, 1.82) is 0 Å². The van der Waals surface area contributed by atoms with Gasteiger partial charge in [0.15, 0.2) is 0 Å². The van der Waals surface area contributed by atoms with Gasteiger partial charge in [0.25, 0.3) is 0 Å². The summed E-state index contributed by atoms with van der Waals surface area (Å²) in [7, 11) is 0. The third kappa shape index (κ3) is 4.25. The van der Waals surface area contributed by atoms with Gasteiger partial charge in [-0.2, -0.15) is 0 Å². The Labute approximate surface area is 110 Å². The number of rotatable bonds is 5. The summed E-state index contributed by atoms with van der Waals surface area (Å²) in [6.07, 6.45) is 4.29. The highest BCUT2D eigenvalue weighted by molar-refractivity contribution is 5.78. The zero-order chi connectivity index (χ0) is 13.8. The van der Waals surface area contributed by atoms with E-state index in [2.05, 4.69) is 19.2 Å². The van der Waals surface area contributed by atoms with E-state index < -0.39 is 5.60 Å². The number of aliphatic hydroxyl groups is 1. The summed E-state index contributed by atoms with van der Waals surface area (Å²) < 4.78 is 0. The minimum atomic E-state index is -0.724. The van der Waals surface area contributed by atoms with Crippen molar-refractivity contribution in [1.82, 2.24) is 5.32 Å². The predicted octanol–water partition coefficient (Wildman–Crippen LogP) is 1.42. The first-order valence-corrected chi connectivity index (χ1v) is 7.02. The van der Waals surface area contributed by atoms with Crippen molar-refractivity contribution in [3.8, 4) is 0 Å². The van der Waals surface area contributed by atoms with Crippen LogP contribution in [0, 0.1) is 11.3 Å². The van der Waals surface area contributed by atoms with Crippen LogP contribution in [-0.2, 0) is 4.79 Å². The maximum atomic E-state index is 11.8. The molecule has 1 atom stereocenters. The molecule has 4 nitrogen and oxygen atoms in total. The summed E-state index contributed by atoms with van der Waals surface area (Å²) in [4.78, 5) is 11.8. The highest BCUT2D eigenvalue weighted by atomic mass is 16.3. The van der Waals surface area contributed by atoms with Crippen molar-refractivity contribution in [3.63, 3.8) is 0 Å². The van der Waals surface area contributed by atoms with Crippen LogP contribution in [0.1, 0.15) is 52.9 Å². The smallest absolute Gasteiger partial charge is 0.224 e. The molecule has 0 aromatic carbocycles. The van der Waals surface area contributed by atoms with E-state index in [1.807, 2.05) is 6.92 Å². The molecule has 0 heterocycles. The third-order valence-corrected chi connectivity index (χ3v) is 4.27. The van der Waals surface area contributed by atoms with Gasteiger partial charge in [0.1, 0.15) is 0 Å². The van der Waals surface area contributed by atoms with Crippen LogP contribution in [0.2, 0.25) is 0 Å². The number of nitrogens with two attached hydrogens (primary N) is 1. The minimum absolute atomic E-state index is 0.0294. The van der Waals surface area contributed by atoms with Gasteiger partial charge in [-0.05, 0) is 37.5 Å². The average Bonchev–Trinajstić information content (AvgIpc) is 2.33. The molecule has 0 aliphatic heterocycles. The van der Waals surface area contributed by atoms with E-state index in [1.54, 1.807) is 0 Å². The lowest BCUT2D eigenvalue weighted by molar-refractivity contribution is -0.126. The van der Waals surface area contributed by atoms with Gasteiger partial charge in [-0.3, -0.25) is 4.79 Å². The summed E-state index contributed by atoms with van der Waals surface area (Å²) in [6.45, 7) is 7.14. The summed E-state index contributed by atoms with van der Waals surface area (Å²) in [5, 5.41) is 13.3. The summed E-state index contributed by atoms with van der Waals surface area (Å²) >= 11 is 0. The molecule has 1 rings (SSSR count). The highest BCUT2D eigenvalue weighted by Crippen LogP contribution is 2.39. The molecule has 1 amide bonds. The monoisotopic (exact) mass is 256 g/mol. The van der Waals surface area contributed by atoms with Crippen LogP contribution >= 0.6 is 0 Å². The van der Waals surface area contributed by atoms with Gasteiger partial charge in [-0.1, -0.05) is 20.8 Å². The Bertz CT molecular complexity index is 276. The first-order chi connectivity index (χ1) is 8.32. The molecular formula is C14H28N2O2. The fraction of sp³-hybridized carbons (Fsp3) is 0.929. The Morgan fingerprint density at radius 3 is 2.33 bits per heavy atom. The van der Waals surface area contributed by atoms with Gasteiger partial charge in [0.2, 0.25) is 5.91 Å². The van der Waals surface area contributed by atoms with Gasteiger partial charge < -0.3 is 16.2 Å². The summed E-state index contributed by atoms with van der Waals surface area (Å²) in [5.41, 5.74) is 5.13. The number of carbonyl (C=O) groups is 1. The lowest BCUT2D eigenvalue weighted by Gasteiger charge is -2.40. The predicted molar refractivity (Wildman–Crippen MR) is 73.0 cm³/mol. The number of hydrogen-bond acceptors (Lipinski definition) is 3. The maximum Gasteiger partial charge on any atom is 0.224 e. The van der Waals surface area contributed by atoms with Crippen LogP contribution in [0.3, 0.4) is 0 Å². The van der Waals surface area contributed by atoms with E-state index >= 15 is 0 Å². The molecule has 1 unspecified atom stereocenters. The molecule has 4 N–H and O–H groups in total. The molecule has 0 bridgehead atoms. The Morgan fingerprint density at radius 2 is 1.89 bits per heavy atom. The van der Waals surface area contributed by atoms with Crippen molar-refractivity contribution in [3.05, 3.63) is 0 Å². The van der Waals surface area contributed by atoms with Crippen LogP contribution in [0.25, 0.3) is 0 Å². The Hall–Kier alpha value is -0.610. The molecule has 1 saturated carbocycles. The summed E-state index contributed by atoms with van der Waals surface area (Å²) in [5.74, 6) is -0.160. The number of amides is 1. The quantitative estimate of drug-likeness (QED) is 0.696. The lowest BCUT2D eigenvalue weighted by atomic mass is 9.71. The standard InChI is InChI=1S/C14H28N2O2/c1-4-11(9-15)12(17)16-10-14(18)7-5-13(2,3)6-8-14/h11,18H,4-10,15H2,1-3H3,(H,16,17). The van der Waals surface area contributed by atoms with Gasteiger partial charge in [0, 0.05) is 19.0 Å². The van der Waals surface area contributed by atoms with Gasteiger partial charge >= 0.3 is 0 Å². The van der Waals surface area contributed by atoms with Gasteiger partial charge in [0.05, 0.1) is 5.60 Å². The third-order valence-electron chi connectivity index (χ3n) is 4.27. The van der Waals surface area contributed by atoms with Crippen molar-refractivity contribution in [2.45, 2.75) is 58.5 Å². The fourth-order valence-corrected chi connectivity index (χ4v) is 2.42. The minimum Gasteiger partial charge on any atom is -0.388 e. The number of nitrogens with one attached hydrogen (secondary N) is 1. The number of carbonyl (C=O) groups excluding carboxylic acids is 1. The van der Waals surface area contributed by atoms with Gasteiger partial charge in [-0.25, -0.2) is 0 Å². The maximum absolute atomic E-state index is 11.8. The SMILES string of the molecule is CCC(CN)C(=O)NCC1(O)CCC(C)(C)CC1. The van der Waals surface area contributed by atoms with Crippen LogP contribution in [0.4, 0.5) is 0 Å². The van der Waals surface area contributed by atoms with Crippen molar-refractivity contribution in [2.75, 3.05) is 13.1 Å². The molecule has 0 spiro atoms. The van der Waals surface area contributed by atoms with Gasteiger partial charge in [-0.15, -0.1) is 0 Å². The topological polar surface area (TPSA) is 75.4 Å². The highest BCUT2D eigenvalue weighted by Gasteiger charge is 2.36. The molecule has 1 fully saturated rings. The van der Waals surface area contributed by atoms with Crippen molar-refractivity contribution < 1.29 is 9.90 Å². The molecule has 1 aliphatic carbocycles. The molecule has 18 heavy (non-hydrogen) atoms. The Kier molecular flexibility index (Phi) is 5.17. The first kappa shape index (κ1) is 15.4. The molecule has 0 aromatic rings. The zero-order valence-corrected chi connectivity index (χ0v) is 12.0. The van der Waals surface area contributed by atoms with E-state index in [0.717, 1.165) is 32.1 Å². The molecule has 106 valence electrons. The molecular weight excluding hydrogens is 228 g/mol. The average molecular weight is 256 g/mol. The zero-order valence-electron chi connectivity index (χ0n) is 12.0. The second-order valence-corrected chi connectivity index (χ2v) is 6.45. The largest absolute Gasteiger partial charge is 0.388 e. The lowest BCUT2D eigenvalue weighted by Crippen LogP contribution is -2.48. The Balaban J connectivity index is 2.41. The van der Waals surface area contributed by atoms with Crippen LogP contribution < -0.4 is 11.1 Å². The fourth-order valence-electron chi connectivity index (χ4n) is 2.42. The molecule has 0 radical (unpaired) electrons. The molecule has 1 aliphatic rings. The van der Waals surface area contributed by atoms with Crippen molar-refractivity contribution in [2.24, 2.45) is 17.1 Å². The number of hydrogen-bond donors (Lipinski definition) is 3. The van der Waals surface area contributed by atoms with Crippen LogP contribution in [0.5, 0.6) is 0 Å². The normalized spacial score (nSPS) is 23.4. The second-order valence-electron chi connectivity index (χ2n) is 6.45. The molecule has 4 heteroatoms. The van der Waals surface area contributed by atoms with E-state index in [0.29, 0.717) is 18.5 Å².